The van der Waals surface area contributed by atoms with Crippen molar-refractivity contribution in [2.45, 2.75) is 55.4 Å². The van der Waals surface area contributed by atoms with Crippen LogP contribution in [0.2, 0.25) is 0 Å². The molecular weight excluding hydrogens is 1500 g/mol. The van der Waals surface area contributed by atoms with Crippen molar-refractivity contribution < 1.29 is 422 Å². The summed E-state index contributed by atoms with van der Waals surface area (Å²) in [6, 6.07) is 0. The molecular formula is C28H51O6Y12-9. The van der Waals surface area contributed by atoms with Crippen LogP contribution >= 0.6 is 0 Å². The molecule has 0 atom stereocenters. The minimum atomic E-state index is -0.935. The van der Waals surface area contributed by atoms with Crippen molar-refractivity contribution in [3.63, 3.8) is 0 Å². The van der Waals surface area contributed by atoms with Crippen LogP contribution in [0.5, 0.6) is 0 Å². The Bertz CT molecular complexity index is 445. The van der Waals surface area contributed by atoms with E-state index in [1.807, 2.05) is 41.5 Å². The minimum Gasteiger partial charge on any atom is -0.665 e. The SMILES string of the molecule is C=C(C)C(=O)O.C=C(C)[C-]=O.C=[C-]C(=C)C.C=[C-]C(=C)C.CC.CC.O=[C-]O.[CH-]=O.[CH3-].[CH3-].[CH3-].[CH3-].[Y].[Y].[Y].[Y].[Y].[Y].[Y].[Y].[Y].[Y].[Y].[Y]. The fourth-order valence-electron chi connectivity index (χ4n) is 0. The van der Waals surface area contributed by atoms with Gasteiger partial charge in [0.05, 0.1) is 0 Å². The Morgan fingerprint density at radius 1 is 0.522 bits per heavy atom. The normalized spacial score (nSPS) is 3.74. The Morgan fingerprint density at radius 2 is 0.587 bits per heavy atom. The number of carboxylic acids is 1. The molecule has 0 spiro atoms. The van der Waals surface area contributed by atoms with Gasteiger partial charge in [-0.25, -0.2) is 35.7 Å². The number of aliphatic carboxylic acids is 1. The van der Waals surface area contributed by atoms with Gasteiger partial charge in [-0.3, -0.25) is 18.9 Å². The Morgan fingerprint density at radius 3 is 0.587 bits per heavy atom. The second-order valence-corrected chi connectivity index (χ2v) is 3.97. The van der Waals surface area contributed by atoms with Gasteiger partial charge in [-0.15, -0.1) is 0 Å². The molecule has 0 bridgehead atoms. The number of aliphatic hydroxyl groups excluding tert-OH is 1. The van der Waals surface area contributed by atoms with Gasteiger partial charge in [-0.1, -0.05) is 61.5 Å². The number of carboxylic acid groups (broad SMARTS) is 1. The predicted octanol–water partition coefficient (Wildman–Crippen LogP) is 7.58. The van der Waals surface area contributed by atoms with E-state index in [1.165, 1.54) is 6.92 Å². The van der Waals surface area contributed by atoms with E-state index in [0.717, 1.165) is 11.1 Å². The van der Waals surface area contributed by atoms with E-state index in [9.17, 15) is 9.59 Å². The van der Waals surface area contributed by atoms with E-state index in [1.54, 1.807) is 13.2 Å². The monoisotopic (exact) mass is 1550 g/mol. The third-order valence-corrected chi connectivity index (χ3v) is 1.14. The average molecular weight is 1550 g/mol. The molecule has 18 heteroatoms. The molecule has 2 N–H and O–H groups in total. The van der Waals surface area contributed by atoms with E-state index in [2.05, 4.69) is 58.4 Å². The first kappa shape index (κ1) is 165. The van der Waals surface area contributed by atoms with Crippen molar-refractivity contribution in [2.24, 2.45) is 0 Å². The zero-order valence-electron chi connectivity index (χ0n) is 30.8. The molecule has 6 nitrogen and oxygen atoms in total. The van der Waals surface area contributed by atoms with Crippen LogP contribution in [0.4, 0.5) is 0 Å². The fourth-order valence-corrected chi connectivity index (χ4v) is 0. The maximum atomic E-state index is 9.60. The third-order valence-electron chi connectivity index (χ3n) is 1.14. The van der Waals surface area contributed by atoms with E-state index < -0.39 is 5.97 Å². The molecule has 0 aliphatic carbocycles. The van der Waals surface area contributed by atoms with Gasteiger partial charge < -0.3 is 54.3 Å². The van der Waals surface area contributed by atoms with E-state index in [4.69, 9.17) is 19.8 Å². The minimum absolute atomic E-state index is 0. The smallest absolute Gasteiger partial charge is 0.330 e. The molecule has 46 heavy (non-hydrogen) atoms. The van der Waals surface area contributed by atoms with Crippen molar-refractivity contribution in [2.75, 3.05) is 0 Å². The zero-order valence-corrected chi connectivity index (χ0v) is 64.8. The van der Waals surface area contributed by atoms with E-state index in [0.29, 0.717) is 12.0 Å². The fraction of sp³-hybridized carbons (Fsp3) is 0.286. The Labute approximate surface area is 590 Å². The summed E-state index contributed by atoms with van der Waals surface area (Å²) in [5.41, 5.74) is 2.41. The molecule has 0 heterocycles. The quantitative estimate of drug-likeness (QED) is 0.130. The summed E-state index contributed by atoms with van der Waals surface area (Å²) >= 11 is 0. The van der Waals surface area contributed by atoms with Crippen LogP contribution in [0.25, 0.3) is 0 Å². The maximum absolute atomic E-state index is 9.60. The summed E-state index contributed by atoms with van der Waals surface area (Å²) in [5, 5.41) is 14.7. The molecule has 12 radical (unpaired) electrons. The number of carbonyl (C=O) groups is 1. The largest absolute Gasteiger partial charge is 0.665 e. The van der Waals surface area contributed by atoms with Gasteiger partial charge in [0.25, 0.3) is 0 Å². The second kappa shape index (κ2) is 191. The molecule has 0 aromatic heterocycles. The summed E-state index contributed by atoms with van der Waals surface area (Å²) < 4.78 is 0. The van der Waals surface area contributed by atoms with Crippen molar-refractivity contribution >= 4 is 25.5 Å². The van der Waals surface area contributed by atoms with Gasteiger partial charge in [0.2, 0.25) is 0 Å². The third kappa shape index (κ3) is 380. The Kier molecular flexibility index (Phi) is 686. The number of hydrogen-bond donors (Lipinski definition) is 2. The molecule has 0 aromatic rings. The van der Waals surface area contributed by atoms with Gasteiger partial charge >= 0.3 is 5.97 Å². The van der Waals surface area contributed by atoms with Crippen LogP contribution in [0.1, 0.15) is 55.4 Å². The molecule has 0 saturated heterocycles. The first-order valence-electron chi connectivity index (χ1n) is 8.42. The maximum Gasteiger partial charge on any atom is 0.330 e. The van der Waals surface area contributed by atoms with Crippen LogP contribution < -0.4 is 0 Å². The zero-order chi connectivity index (χ0) is 26.7. The van der Waals surface area contributed by atoms with Crippen LogP contribution in [0, 0.1) is 41.9 Å². The number of hydrogen-bond acceptors (Lipinski definition) is 4. The van der Waals surface area contributed by atoms with E-state index in [-0.39, 0.29) is 428 Å². The van der Waals surface area contributed by atoms with Gasteiger partial charge in [0.15, 0.2) is 0 Å². The van der Waals surface area contributed by atoms with Gasteiger partial charge in [0.1, 0.15) is 0 Å². The molecule has 0 aliphatic rings. The first-order valence-corrected chi connectivity index (χ1v) is 8.42. The Hall–Kier alpha value is 9.97. The van der Waals surface area contributed by atoms with Crippen molar-refractivity contribution in [1.29, 1.82) is 0 Å². The standard InChI is InChI=1S/2C5H7.C4H6O2.C4H5O.2C2H6.CHO2.CHO.4CH3.12Y/c2*1-4-5(2)3;1-3(2)4(5)6;1-4(2)3-5;2*1-2;2-1-3;1-2;;;;;;;;;;;;;;;;/h2*1-2H2,3H3;1H2,2H3,(H,5,6);1H2,2H3;2*1-2H3;(H,2,3);1H;4*1H3;;;;;;;;;;;;/q2*-1;;-1;;;6*-1;;;;;;;;;;;;. The molecule has 0 unspecified atom stereocenters. The van der Waals surface area contributed by atoms with Crippen LogP contribution in [0.15, 0.2) is 61.8 Å². The topological polar surface area (TPSA) is 109 Å². The molecule has 0 fully saturated rings. The summed E-state index contributed by atoms with van der Waals surface area (Å²) in [6.45, 7) is 38.6. The van der Waals surface area contributed by atoms with Crippen molar-refractivity contribution in [1.82, 2.24) is 0 Å². The summed E-state index contributed by atoms with van der Waals surface area (Å²) in [7, 11) is 0. The molecule has 0 aliphatic heterocycles. The number of allylic oxidation sites excluding steroid dienone is 5. The summed E-state index contributed by atoms with van der Waals surface area (Å²) in [4.78, 5) is 34.9. The first-order chi connectivity index (χ1) is 13.9. The number of rotatable bonds is 4. The van der Waals surface area contributed by atoms with Crippen LogP contribution in [0.3, 0.4) is 0 Å². The molecule has 0 aromatic carbocycles. The number of carbonyl (C=O) groups excluding carboxylic acids is 2. The molecule has 0 amide bonds. The van der Waals surface area contributed by atoms with Crippen molar-refractivity contribution in [3.8, 4) is 0 Å². The van der Waals surface area contributed by atoms with Crippen LogP contribution in [-0.2, 0) is 412 Å². The second-order valence-electron chi connectivity index (χ2n) is 3.97. The van der Waals surface area contributed by atoms with Gasteiger partial charge in [-0.05, 0) is 13.2 Å². The molecule has 0 saturated carbocycles. The van der Waals surface area contributed by atoms with E-state index >= 15 is 0 Å². The summed E-state index contributed by atoms with van der Waals surface area (Å²) in [6.07, 6.45) is 6.75. The predicted molar refractivity (Wildman–Crippen MR) is 154 cm³/mol. The van der Waals surface area contributed by atoms with Gasteiger partial charge in [0, 0.05) is 398 Å². The van der Waals surface area contributed by atoms with Gasteiger partial charge in [-0.2, -0.15) is 18.7 Å². The van der Waals surface area contributed by atoms with Crippen molar-refractivity contribution in [3.05, 3.63) is 104 Å². The van der Waals surface area contributed by atoms with Crippen LogP contribution in [-0.4, -0.2) is 35.7 Å². The average Bonchev–Trinajstić information content (AvgIpc) is 2.74. The summed E-state index contributed by atoms with van der Waals surface area (Å²) in [5.74, 6) is -0.935. The Balaban J connectivity index is -0.00000000532. The molecule has 244 valence electrons. The molecule has 0 rings (SSSR count).